The van der Waals surface area contributed by atoms with Crippen LogP contribution in [-0.2, 0) is 4.74 Å². The van der Waals surface area contributed by atoms with Gasteiger partial charge in [-0.25, -0.2) is 0 Å². The van der Waals surface area contributed by atoms with E-state index in [1.807, 2.05) is 0 Å². The molecule has 1 fully saturated rings. The monoisotopic (exact) mass is 227 g/mol. The van der Waals surface area contributed by atoms with Gasteiger partial charge >= 0.3 is 0 Å². The third-order valence-electron chi connectivity index (χ3n) is 3.58. The summed E-state index contributed by atoms with van der Waals surface area (Å²) in [5.74, 6) is 0.837. The molecule has 0 aromatic heterocycles. The van der Waals surface area contributed by atoms with Gasteiger partial charge in [0.2, 0.25) is 0 Å². The minimum Gasteiger partial charge on any atom is -0.377 e. The van der Waals surface area contributed by atoms with Crippen molar-refractivity contribution in [3.05, 3.63) is 0 Å². The zero-order chi connectivity index (χ0) is 11.8. The van der Waals surface area contributed by atoms with Crippen LogP contribution in [0.5, 0.6) is 0 Å². The molecule has 0 aliphatic heterocycles. The first-order valence-electron chi connectivity index (χ1n) is 7.12. The molecule has 2 nitrogen and oxygen atoms in total. The number of rotatable bonds is 10. The van der Waals surface area contributed by atoms with Gasteiger partial charge < -0.3 is 10.1 Å². The van der Waals surface area contributed by atoms with Crippen molar-refractivity contribution in [3.63, 3.8) is 0 Å². The summed E-state index contributed by atoms with van der Waals surface area (Å²) < 4.78 is 5.91. The number of nitrogens with one attached hydrogen (secondary N) is 1. The van der Waals surface area contributed by atoms with Crippen LogP contribution >= 0.6 is 0 Å². The summed E-state index contributed by atoms with van der Waals surface area (Å²) in [5.41, 5.74) is 0. The van der Waals surface area contributed by atoms with Gasteiger partial charge in [0.1, 0.15) is 0 Å². The van der Waals surface area contributed by atoms with Gasteiger partial charge in [0, 0.05) is 12.6 Å². The van der Waals surface area contributed by atoms with Crippen molar-refractivity contribution in [2.45, 2.75) is 70.9 Å². The minimum absolute atomic E-state index is 0.469. The first-order valence-corrected chi connectivity index (χ1v) is 7.12. The van der Waals surface area contributed by atoms with E-state index in [-0.39, 0.29) is 0 Å². The highest BCUT2D eigenvalue weighted by molar-refractivity contribution is 4.89. The van der Waals surface area contributed by atoms with Gasteiger partial charge in [-0.3, -0.25) is 0 Å². The molecule has 1 rings (SSSR count). The molecule has 16 heavy (non-hydrogen) atoms. The lowest BCUT2D eigenvalue weighted by atomic mass is 9.99. The summed E-state index contributed by atoms with van der Waals surface area (Å²) in [6.07, 6.45) is 9.90. The van der Waals surface area contributed by atoms with E-state index < -0.39 is 0 Å². The normalized spacial score (nSPS) is 19.7. The largest absolute Gasteiger partial charge is 0.377 e. The SMILES string of the molecule is CCCCCCC(NC)C(OCC)C1CC1. The van der Waals surface area contributed by atoms with Gasteiger partial charge in [0.25, 0.3) is 0 Å². The number of hydrogen-bond donors (Lipinski definition) is 1. The molecule has 0 spiro atoms. The van der Waals surface area contributed by atoms with Crippen LogP contribution in [0.4, 0.5) is 0 Å². The van der Waals surface area contributed by atoms with E-state index in [1.54, 1.807) is 0 Å². The molecule has 0 aromatic rings. The van der Waals surface area contributed by atoms with Gasteiger partial charge in [0.15, 0.2) is 0 Å². The minimum atomic E-state index is 0.469. The van der Waals surface area contributed by atoms with Crippen LogP contribution in [0.1, 0.15) is 58.8 Å². The molecule has 0 saturated heterocycles. The highest BCUT2D eigenvalue weighted by Gasteiger charge is 2.36. The van der Waals surface area contributed by atoms with Crippen molar-refractivity contribution in [3.8, 4) is 0 Å². The lowest BCUT2D eigenvalue weighted by Gasteiger charge is -2.26. The maximum atomic E-state index is 5.91. The predicted octanol–water partition coefficient (Wildman–Crippen LogP) is 3.36. The summed E-state index contributed by atoms with van der Waals surface area (Å²) in [6, 6.07) is 0.573. The molecule has 0 radical (unpaired) electrons. The van der Waals surface area contributed by atoms with Crippen LogP contribution in [-0.4, -0.2) is 25.8 Å². The highest BCUT2D eigenvalue weighted by Crippen LogP contribution is 2.36. The summed E-state index contributed by atoms with van der Waals surface area (Å²) in [7, 11) is 2.08. The molecule has 1 N–H and O–H groups in total. The summed E-state index contributed by atoms with van der Waals surface area (Å²) >= 11 is 0. The average Bonchev–Trinajstić information content (AvgIpc) is 3.11. The third-order valence-corrected chi connectivity index (χ3v) is 3.58. The Balaban J connectivity index is 2.25. The third kappa shape index (κ3) is 4.84. The molecule has 96 valence electrons. The maximum Gasteiger partial charge on any atom is 0.0755 e. The average molecular weight is 227 g/mol. The first-order chi connectivity index (χ1) is 7.83. The second-order valence-corrected chi connectivity index (χ2v) is 5.00. The van der Waals surface area contributed by atoms with Crippen LogP contribution in [0.15, 0.2) is 0 Å². The first kappa shape index (κ1) is 14.0. The van der Waals surface area contributed by atoms with Gasteiger partial charge in [-0.05, 0) is 39.2 Å². The molecular weight excluding hydrogens is 198 g/mol. The van der Waals surface area contributed by atoms with Crippen LogP contribution in [0.3, 0.4) is 0 Å². The number of likely N-dealkylation sites (N-methyl/N-ethyl adjacent to an activating group) is 1. The molecule has 0 aromatic carbocycles. The van der Waals surface area contributed by atoms with Gasteiger partial charge in [-0.1, -0.05) is 32.6 Å². The quantitative estimate of drug-likeness (QED) is 0.578. The van der Waals surface area contributed by atoms with Crippen molar-refractivity contribution < 1.29 is 4.74 Å². The van der Waals surface area contributed by atoms with Crippen LogP contribution in [0.25, 0.3) is 0 Å². The lowest BCUT2D eigenvalue weighted by molar-refractivity contribution is 0.0183. The molecule has 1 saturated carbocycles. The highest BCUT2D eigenvalue weighted by atomic mass is 16.5. The van der Waals surface area contributed by atoms with Crippen molar-refractivity contribution in [2.24, 2.45) is 5.92 Å². The van der Waals surface area contributed by atoms with Gasteiger partial charge in [-0.2, -0.15) is 0 Å². The molecule has 2 unspecified atom stereocenters. The fourth-order valence-corrected chi connectivity index (χ4v) is 2.46. The molecule has 0 bridgehead atoms. The van der Waals surface area contributed by atoms with Crippen LogP contribution < -0.4 is 5.32 Å². The van der Waals surface area contributed by atoms with E-state index >= 15 is 0 Å². The van der Waals surface area contributed by atoms with Gasteiger partial charge in [-0.15, -0.1) is 0 Å². The van der Waals surface area contributed by atoms with Crippen LogP contribution in [0.2, 0.25) is 0 Å². The molecule has 0 amide bonds. The Morgan fingerprint density at radius 2 is 1.94 bits per heavy atom. The summed E-state index contributed by atoms with van der Waals surface area (Å²) in [6.45, 7) is 5.23. The topological polar surface area (TPSA) is 21.3 Å². The predicted molar refractivity (Wildman–Crippen MR) is 69.7 cm³/mol. The smallest absolute Gasteiger partial charge is 0.0755 e. The van der Waals surface area contributed by atoms with Crippen molar-refractivity contribution >= 4 is 0 Å². The Bertz CT molecular complexity index is 168. The summed E-state index contributed by atoms with van der Waals surface area (Å²) in [4.78, 5) is 0. The fourth-order valence-electron chi connectivity index (χ4n) is 2.46. The molecule has 2 atom stereocenters. The maximum absolute atomic E-state index is 5.91. The molecule has 1 aliphatic carbocycles. The van der Waals surface area contributed by atoms with E-state index in [2.05, 4.69) is 26.2 Å². The zero-order valence-electron chi connectivity index (χ0n) is 11.3. The number of hydrogen-bond acceptors (Lipinski definition) is 2. The standard InChI is InChI=1S/C14H29NO/c1-4-6-7-8-9-13(15-3)14(16-5-2)12-10-11-12/h12-15H,4-11H2,1-3H3. The number of unbranched alkanes of at least 4 members (excludes halogenated alkanes) is 3. The molecule has 0 heterocycles. The zero-order valence-corrected chi connectivity index (χ0v) is 11.3. The Morgan fingerprint density at radius 3 is 2.44 bits per heavy atom. The molecule has 2 heteroatoms. The van der Waals surface area contributed by atoms with E-state index in [4.69, 9.17) is 4.74 Å². The Hall–Kier alpha value is -0.0800. The molecule has 1 aliphatic rings. The van der Waals surface area contributed by atoms with Crippen molar-refractivity contribution in [1.82, 2.24) is 5.32 Å². The van der Waals surface area contributed by atoms with E-state index in [0.29, 0.717) is 12.1 Å². The second-order valence-electron chi connectivity index (χ2n) is 5.00. The fraction of sp³-hybridized carbons (Fsp3) is 1.00. The lowest BCUT2D eigenvalue weighted by Crippen LogP contribution is -2.40. The Labute approximate surface area is 101 Å². The second kappa shape index (κ2) is 8.08. The Kier molecular flexibility index (Phi) is 7.06. The molecular formula is C14H29NO. The van der Waals surface area contributed by atoms with Crippen LogP contribution in [0, 0.1) is 5.92 Å². The summed E-state index contributed by atoms with van der Waals surface area (Å²) in [5, 5.41) is 3.46. The van der Waals surface area contributed by atoms with E-state index in [9.17, 15) is 0 Å². The van der Waals surface area contributed by atoms with E-state index in [0.717, 1.165) is 12.5 Å². The van der Waals surface area contributed by atoms with Gasteiger partial charge in [0.05, 0.1) is 6.10 Å². The van der Waals surface area contributed by atoms with Crippen molar-refractivity contribution in [2.75, 3.05) is 13.7 Å². The van der Waals surface area contributed by atoms with Crippen molar-refractivity contribution in [1.29, 1.82) is 0 Å². The van der Waals surface area contributed by atoms with E-state index in [1.165, 1.54) is 44.9 Å². The Morgan fingerprint density at radius 1 is 1.19 bits per heavy atom. The number of ether oxygens (including phenoxy) is 1.